The number of rotatable bonds is 7. The van der Waals surface area contributed by atoms with Gasteiger partial charge in [0.2, 0.25) is 5.91 Å². The standard InChI is InChI=1S/C26H37N3O/c1-6-28(19-23-13-8-7-9-14-23)26(15-17-27-18-16-26)25(30)29(20(2)3)24-21(4)11-10-12-22(24)5/h7-14,20,27H,6,15-19H2,1-5H3. The maximum absolute atomic E-state index is 14.4. The predicted octanol–water partition coefficient (Wildman–Crippen LogP) is 4.69. The van der Waals surface area contributed by atoms with Crippen LogP contribution in [0, 0.1) is 13.8 Å². The zero-order valence-corrected chi connectivity index (χ0v) is 19.2. The number of para-hydroxylation sites is 1. The highest BCUT2D eigenvalue weighted by molar-refractivity contribution is 6.02. The number of hydrogen-bond acceptors (Lipinski definition) is 3. The molecular formula is C26H37N3O. The van der Waals surface area contributed by atoms with E-state index in [0.29, 0.717) is 0 Å². The van der Waals surface area contributed by atoms with E-state index in [4.69, 9.17) is 0 Å². The van der Waals surface area contributed by atoms with Crippen LogP contribution in [-0.4, -0.2) is 42.0 Å². The molecule has 0 unspecified atom stereocenters. The van der Waals surface area contributed by atoms with Crippen molar-refractivity contribution in [2.75, 3.05) is 24.5 Å². The molecule has 1 N–H and O–H groups in total. The van der Waals surface area contributed by atoms with Gasteiger partial charge in [-0.1, -0.05) is 55.5 Å². The Hall–Kier alpha value is -2.17. The number of piperidine rings is 1. The van der Waals surface area contributed by atoms with Crippen LogP contribution in [0.25, 0.3) is 0 Å². The number of carbonyl (C=O) groups excluding carboxylic acids is 1. The van der Waals surface area contributed by atoms with E-state index in [0.717, 1.165) is 55.8 Å². The van der Waals surface area contributed by atoms with Crippen LogP contribution in [0.4, 0.5) is 5.69 Å². The fourth-order valence-electron chi connectivity index (χ4n) is 4.88. The lowest BCUT2D eigenvalue weighted by atomic mass is 9.83. The maximum atomic E-state index is 14.4. The van der Waals surface area contributed by atoms with E-state index in [-0.39, 0.29) is 11.9 Å². The Morgan fingerprint density at radius 3 is 2.13 bits per heavy atom. The summed E-state index contributed by atoms with van der Waals surface area (Å²) >= 11 is 0. The van der Waals surface area contributed by atoms with Gasteiger partial charge in [-0.2, -0.15) is 0 Å². The third-order valence-corrected chi connectivity index (χ3v) is 6.45. The van der Waals surface area contributed by atoms with Gasteiger partial charge >= 0.3 is 0 Å². The van der Waals surface area contributed by atoms with Crippen molar-refractivity contribution >= 4 is 11.6 Å². The highest BCUT2D eigenvalue weighted by Gasteiger charge is 2.47. The van der Waals surface area contributed by atoms with Crippen LogP contribution in [0.1, 0.15) is 50.3 Å². The zero-order valence-electron chi connectivity index (χ0n) is 19.2. The molecular weight excluding hydrogens is 370 g/mol. The van der Waals surface area contributed by atoms with Crippen molar-refractivity contribution in [1.82, 2.24) is 10.2 Å². The van der Waals surface area contributed by atoms with Crippen LogP contribution in [0.3, 0.4) is 0 Å². The van der Waals surface area contributed by atoms with Gasteiger partial charge in [-0.05, 0) is 76.9 Å². The van der Waals surface area contributed by atoms with E-state index in [2.05, 4.69) is 92.2 Å². The van der Waals surface area contributed by atoms with Gasteiger partial charge in [0.1, 0.15) is 5.54 Å². The van der Waals surface area contributed by atoms with E-state index >= 15 is 0 Å². The molecule has 1 aliphatic heterocycles. The first-order valence-corrected chi connectivity index (χ1v) is 11.3. The van der Waals surface area contributed by atoms with Crippen molar-refractivity contribution in [1.29, 1.82) is 0 Å². The minimum atomic E-state index is -0.491. The second-order valence-corrected chi connectivity index (χ2v) is 8.79. The van der Waals surface area contributed by atoms with Crippen LogP contribution < -0.4 is 10.2 Å². The average molecular weight is 408 g/mol. The van der Waals surface area contributed by atoms with Crippen LogP contribution in [0.5, 0.6) is 0 Å². The Bertz CT molecular complexity index is 820. The number of nitrogens with zero attached hydrogens (tertiary/aromatic N) is 2. The first-order chi connectivity index (χ1) is 14.4. The van der Waals surface area contributed by atoms with Crippen molar-refractivity contribution in [3.05, 3.63) is 65.2 Å². The summed E-state index contributed by atoms with van der Waals surface area (Å²) in [5, 5.41) is 3.47. The lowest BCUT2D eigenvalue weighted by Crippen LogP contribution is -2.64. The molecule has 3 rings (SSSR count). The fourth-order valence-corrected chi connectivity index (χ4v) is 4.88. The van der Waals surface area contributed by atoms with E-state index in [1.807, 2.05) is 6.07 Å². The van der Waals surface area contributed by atoms with Gasteiger partial charge in [0, 0.05) is 18.3 Å². The number of likely N-dealkylation sites (N-methyl/N-ethyl adjacent to an activating group) is 1. The van der Waals surface area contributed by atoms with Gasteiger partial charge < -0.3 is 10.2 Å². The highest BCUT2D eigenvalue weighted by Crippen LogP contribution is 2.35. The SMILES string of the molecule is CCN(Cc1ccccc1)C1(C(=O)N(c2c(C)cccc2C)C(C)C)CCNCC1. The van der Waals surface area contributed by atoms with Crippen LogP contribution in [-0.2, 0) is 11.3 Å². The number of aryl methyl sites for hydroxylation is 2. The molecule has 1 saturated heterocycles. The molecule has 0 saturated carbocycles. The summed E-state index contributed by atoms with van der Waals surface area (Å²) in [4.78, 5) is 18.9. The molecule has 4 heteroatoms. The summed E-state index contributed by atoms with van der Waals surface area (Å²) in [6.07, 6.45) is 1.67. The molecule has 1 aliphatic rings. The molecule has 1 amide bonds. The highest BCUT2D eigenvalue weighted by atomic mass is 16.2. The van der Waals surface area contributed by atoms with Crippen molar-refractivity contribution in [2.45, 2.75) is 65.6 Å². The molecule has 0 atom stereocenters. The minimum Gasteiger partial charge on any atom is -0.317 e. The van der Waals surface area contributed by atoms with Crippen molar-refractivity contribution in [2.24, 2.45) is 0 Å². The first-order valence-electron chi connectivity index (χ1n) is 11.3. The Kier molecular flexibility index (Phi) is 7.32. The number of amides is 1. The van der Waals surface area contributed by atoms with Gasteiger partial charge in [0.15, 0.2) is 0 Å². The Morgan fingerprint density at radius 2 is 1.60 bits per heavy atom. The first kappa shape index (κ1) is 22.5. The van der Waals surface area contributed by atoms with Crippen molar-refractivity contribution in [3.8, 4) is 0 Å². The van der Waals surface area contributed by atoms with Gasteiger partial charge in [-0.3, -0.25) is 9.69 Å². The summed E-state index contributed by atoms with van der Waals surface area (Å²) in [5.41, 5.74) is 4.16. The third kappa shape index (κ3) is 4.45. The molecule has 162 valence electrons. The maximum Gasteiger partial charge on any atom is 0.247 e. The predicted molar refractivity (Wildman–Crippen MR) is 126 cm³/mol. The molecule has 4 nitrogen and oxygen atoms in total. The summed E-state index contributed by atoms with van der Waals surface area (Å²) < 4.78 is 0. The van der Waals surface area contributed by atoms with Crippen molar-refractivity contribution < 1.29 is 4.79 Å². The van der Waals surface area contributed by atoms with Crippen LogP contribution in [0.2, 0.25) is 0 Å². The van der Waals surface area contributed by atoms with E-state index in [1.54, 1.807) is 0 Å². The molecule has 2 aromatic carbocycles. The molecule has 1 fully saturated rings. The van der Waals surface area contributed by atoms with E-state index in [9.17, 15) is 4.79 Å². The molecule has 1 heterocycles. The molecule has 30 heavy (non-hydrogen) atoms. The Balaban J connectivity index is 2.05. The Labute approximate surface area is 182 Å². The lowest BCUT2D eigenvalue weighted by Gasteiger charge is -2.48. The smallest absolute Gasteiger partial charge is 0.247 e. The molecule has 2 aromatic rings. The van der Waals surface area contributed by atoms with E-state index in [1.165, 1.54) is 5.56 Å². The average Bonchev–Trinajstić information content (AvgIpc) is 2.75. The summed E-state index contributed by atoms with van der Waals surface area (Å²) in [6.45, 7) is 14.0. The van der Waals surface area contributed by atoms with Gasteiger partial charge in [0.05, 0.1) is 0 Å². The van der Waals surface area contributed by atoms with Gasteiger partial charge in [-0.15, -0.1) is 0 Å². The molecule has 0 spiro atoms. The molecule has 0 aromatic heterocycles. The normalized spacial score (nSPS) is 16.1. The fraction of sp³-hybridized carbons (Fsp3) is 0.500. The lowest BCUT2D eigenvalue weighted by molar-refractivity contribution is -0.133. The van der Waals surface area contributed by atoms with Gasteiger partial charge in [-0.25, -0.2) is 0 Å². The minimum absolute atomic E-state index is 0.0968. The second-order valence-electron chi connectivity index (χ2n) is 8.79. The summed E-state index contributed by atoms with van der Waals surface area (Å²) in [5.74, 6) is 0.245. The number of benzene rings is 2. The summed E-state index contributed by atoms with van der Waals surface area (Å²) in [6, 6.07) is 16.9. The van der Waals surface area contributed by atoms with E-state index < -0.39 is 5.54 Å². The topological polar surface area (TPSA) is 35.6 Å². The summed E-state index contributed by atoms with van der Waals surface area (Å²) in [7, 11) is 0. The molecule has 0 aliphatic carbocycles. The molecule has 0 radical (unpaired) electrons. The monoisotopic (exact) mass is 407 g/mol. The van der Waals surface area contributed by atoms with Crippen LogP contribution >= 0.6 is 0 Å². The number of carbonyl (C=O) groups is 1. The molecule has 0 bridgehead atoms. The van der Waals surface area contributed by atoms with Crippen molar-refractivity contribution in [3.63, 3.8) is 0 Å². The van der Waals surface area contributed by atoms with Gasteiger partial charge in [0.25, 0.3) is 0 Å². The quantitative estimate of drug-likeness (QED) is 0.723. The Morgan fingerprint density at radius 1 is 1.00 bits per heavy atom. The number of anilines is 1. The largest absolute Gasteiger partial charge is 0.317 e. The second kappa shape index (κ2) is 9.76. The third-order valence-electron chi connectivity index (χ3n) is 6.45. The zero-order chi connectivity index (χ0) is 21.7. The van der Waals surface area contributed by atoms with Crippen LogP contribution in [0.15, 0.2) is 48.5 Å². The number of hydrogen-bond donors (Lipinski definition) is 1. The number of nitrogens with one attached hydrogen (secondary N) is 1.